The van der Waals surface area contributed by atoms with E-state index in [1.807, 2.05) is 49.1 Å². The van der Waals surface area contributed by atoms with Crippen LogP contribution in [0.4, 0.5) is 5.69 Å². The number of β-amino-alcohol motifs (C(OH)–C–C–N with tert-alkyl or cyclic N) is 1. The predicted molar refractivity (Wildman–Crippen MR) is 71.3 cm³/mol. The van der Waals surface area contributed by atoms with Crippen LogP contribution in [0.1, 0.15) is 27.7 Å². The Morgan fingerprint density at radius 1 is 1.06 bits per heavy atom. The third-order valence-corrected chi connectivity index (χ3v) is 2.73. The fourth-order valence-corrected chi connectivity index (χ4v) is 1.74. The standard InChI is InChI=1S/C14H23NO2/c1-13(2,11-16)15(10-14(3,4)17)12-8-6-5-7-9-12/h5-9,16-17H,10-11H2,1-4H3. The fraction of sp³-hybridized carbons (Fsp3) is 0.571. The van der Waals surface area contributed by atoms with Gasteiger partial charge in [0.25, 0.3) is 0 Å². The first kappa shape index (κ1) is 14.0. The molecule has 0 aliphatic rings. The van der Waals surface area contributed by atoms with E-state index in [0.717, 1.165) is 5.69 Å². The van der Waals surface area contributed by atoms with Gasteiger partial charge in [0.2, 0.25) is 0 Å². The van der Waals surface area contributed by atoms with Gasteiger partial charge >= 0.3 is 0 Å². The quantitative estimate of drug-likeness (QED) is 0.823. The molecule has 0 aromatic heterocycles. The lowest BCUT2D eigenvalue weighted by Crippen LogP contribution is -2.52. The fourth-order valence-electron chi connectivity index (χ4n) is 1.74. The number of nitrogens with zero attached hydrogens (tertiary/aromatic N) is 1. The summed E-state index contributed by atoms with van der Waals surface area (Å²) < 4.78 is 0. The number of rotatable bonds is 5. The second-order valence-corrected chi connectivity index (χ2v) is 5.70. The van der Waals surface area contributed by atoms with Crippen LogP contribution in [0, 0.1) is 0 Å². The van der Waals surface area contributed by atoms with E-state index in [4.69, 9.17) is 0 Å². The Morgan fingerprint density at radius 3 is 2.00 bits per heavy atom. The molecule has 1 aromatic rings. The Balaban J connectivity index is 3.04. The Morgan fingerprint density at radius 2 is 1.59 bits per heavy atom. The average Bonchev–Trinajstić information content (AvgIpc) is 2.26. The molecular formula is C14H23NO2. The molecule has 1 aromatic carbocycles. The minimum atomic E-state index is -0.803. The minimum absolute atomic E-state index is 0.0397. The molecule has 0 aliphatic heterocycles. The van der Waals surface area contributed by atoms with E-state index in [-0.39, 0.29) is 6.61 Å². The Bertz CT molecular complexity index is 341. The highest BCUT2D eigenvalue weighted by atomic mass is 16.3. The maximum Gasteiger partial charge on any atom is 0.0766 e. The third-order valence-electron chi connectivity index (χ3n) is 2.73. The smallest absolute Gasteiger partial charge is 0.0766 e. The van der Waals surface area contributed by atoms with Crippen molar-refractivity contribution >= 4 is 5.69 Å². The van der Waals surface area contributed by atoms with Crippen LogP contribution in [0.2, 0.25) is 0 Å². The lowest BCUT2D eigenvalue weighted by Gasteiger charge is -2.42. The highest BCUT2D eigenvalue weighted by Crippen LogP contribution is 2.25. The zero-order valence-corrected chi connectivity index (χ0v) is 11.1. The van der Waals surface area contributed by atoms with Gasteiger partial charge in [-0.1, -0.05) is 18.2 Å². The van der Waals surface area contributed by atoms with Gasteiger partial charge in [-0.2, -0.15) is 0 Å². The minimum Gasteiger partial charge on any atom is -0.394 e. The van der Waals surface area contributed by atoms with Crippen LogP contribution in [0.3, 0.4) is 0 Å². The molecule has 0 spiro atoms. The second-order valence-electron chi connectivity index (χ2n) is 5.70. The van der Waals surface area contributed by atoms with Gasteiger partial charge in [0.1, 0.15) is 0 Å². The average molecular weight is 237 g/mol. The largest absolute Gasteiger partial charge is 0.394 e. The predicted octanol–water partition coefficient (Wildman–Crippen LogP) is 2.03. The van der Waals surface area contributed by atoms with Gasteiger partial charge in [-0.05, 0) is 39.8 Å². The molecule has 0 fully saturated rings. The molecule has 96 valence electrons. The van der Waals surface area contributed by atoms with Crippen LogP contribution in [0.25, 0.3) is 0 Å². The highest BCUT2D eigenvalue weighted by Gasteiger charge is 2.30. The SMILES string of the molecule is CC(C)(O)CN(c1ccccc1)C(C)(C)CO. The number of hydrogen-bond donors (Lipinski definition) is 2. The lowest BCUT2D eigenvalue weighted by molar-refractivity contribution is 0.0774. The summed E-state index contributed by atoms with van der Waals surface area (Å²) in [7, 11) is 0. The second kappa shape index (κ2) is 5.07. The summed E-state index contributed by atoms with van der Waals surface area (Å²) in [5.41, 5.74) is -0.197. The van der Waals surface area contributed by atoms with Gasteiger partial charge in [-0.25, -0.2) is 0 Å². The lowest BCUT2D eigenvalue weighted by atomic mass is 9.99. The maximum atomic E-state index is 9.98. The molecule has 0 amide bonds. The molecule has 0 radical (unpaired) electrons. The third kappa shape index (κ3) is 4.02. The van der Waals surface area contributed by atoms with Crippen LogP contribution >= 0.6 is 0 Å². The van der Waals surface area contributed by atoms with Crippen molar-refractivity contribution in [2.24, 2.45) is 0 Å². The highest BCUT2D eigenvalue weighted by molar-refractivity contribution is 5.49. The molecule has 0 saturated carbocycles. The summed E-state index contributed by atoms with van der Waals surface area (Å²) in [4.78, 5) is 2.03. The van der Waals surface area contributed by atoms with Gasteiger partial charge in [-0.3, -0.25) is 0 Å². The van der Waals surface area contributed by atoms with Crippen LogP contribution < -0.4 is 4.90 Å². The van der Waals surface area contributed by atoms with Gasteiger partial charge in [-0.15, -0.1) is 0 Å². The first-order valence-corrected chi connectivity index (χ1v) is 5.92. The molecule has 0 bridgehead atoms. The number of para-hydroxylation sites is 1. The van der Waals surface area contributed by atoms with Gasteiger partial charge in [0, 0.05) is 12.2 Å². The van der Waals surface area contributed by atoms with E-state index < -0.39 is 11.1 Å². The Labute approximate surface area is 104 Å². The van der Waals surface area contributed by atoms with E-state index in [0.29, 0.717) is 6.54 Å². The molecule has 17 heavy (non-hydrogen) atoms. The monoisotopic (exact) mass is 237 g/mol. The van der Waals surface area contributed by atoms with Crippen molar-refractivity contribution in [1.29, 1.82) is 0 Å². The molecule has 3 nitrogen and oxygen atoms in total. The Kier molecular flexibility index (Phi) is 4.17. The number of aliphatic hydroxyl groups is 2. The van der Waals surface area contributed by atoms with Crippen molar-refractivity contribution in [1.82, 2.24) is 0 Å². The van der Waals surface area contributed by atoms with E-state index in [1.165, 1.54) is 0 Å². The number of anilines is 1. The van der Waals surface area contributed by atoms with Crippen molar-refractivity contribution in [3.05, 3.63) is 30.3 Å². The summed E-state index contributed by atoms with van der Waals surface area (Å²) in [6.07, 6.45) is 0. The van der Waals surface area contributed by atoms with Crippen molar-refractivity contribution in [2.45, 2.75) is 38.8 Å². The maximum absolute atomic E-state index is 9.98. The summed E-state index contributed by atoms with van der Waals surface area (Å²) in [5, 5.41) is 19.5. The molecule has 3 heteroatoms. The summed E-state index contributed by atoms with van der Waals surface area (Å²) in [5.74, 6) is 0. The summed E-state index contributed by atoms with van der Waals surface area (Å²) in [6.45, 7) is 7.99. The van der Waals surface area contributed by atoms with Crippen molar-refractivity contribution < 1.29 is 10.2 Å². The van der Waals surface area contributed by atoms with Crippen molar-refractivity contribution in [3.8, 4) is 0 Å². The molecule has 2 N–H and O–H groups in total. The van der Waals surface area contributed by atoms with E-state index >= 15 is 0 Å². The topological polar surface area (TPSA) is 43.7 Å². The van der Waals surface area contributed by atoms with Crippen molar-refractivity contribution in [3.63, 3.8) is 0 Å². The first-order valence-electron chi connectivity index (χ1n) is 5.92. The van der Waals surface area contributed by atoms with Crippen molar-refractivity contribution in [2.75, 3.05) is 18.1 Å². The first-order chi connectivity index (χ1) is 7.76. The number of hydrogen-bond acceptors (Lipinski definition) is 3. The van der Waals surface area contributed by atoms with Crippen LogP contribution in [-0.4, -0.2) is 34.5 Å². The van der Waals surface area contributed by atoms with E-state index in [2.05, 4.69) is 0 Å². The molecular weight excluding hydrogens is 214 g/mol. The molecule has 0 saturated heterocycles. The van der Waals surface area contributed by atoms with Crippen LogP contribution in [0.15, 0.2) is 30.3 Å². The van der Waals surface area contributed by atoms with Crippen LogP contribution in [0.5, 0.6) is 0 Å². The van der Waals surface area contributed by atoms with Crippen LogP contribution in [-0.2, 0) is 0 Å². The summed E-state index contributed by atoms with van der Waals surface area (Å²) in [6, 6.07) is 9.85. The summed E-state index contributed by atoms with van der Waals surface area (Å²) >= 11 is 0. The van der Waals surface area contributed by atoms with Gasteiger partial charge < -0.3 is 15.1 Å². The van der Waals surface area contributed by atoms with Gasteiger partial charge in [0.15, 0.2) is 0 Å². The normalized spacial score (nSPS) is 12.6. The zero-order chi connectivity index (χ0) is 13.1. The zero-order valence-electron chi connectivity index (χ0n) is 11.1. The van der Waals surface area contributed by atoms with Gasteiger partial charge in [0.05, 0.1) is 17.7 Å². The molecule has 0 aliphatic carbocycles. The van der Waals surface area contributed by atoms with E-state index in [9.17, 15) is 10.2 Å². The molecule has 0 atom stereocenters. The Hall–Kier alpha value is -1.06. The number of benzene rings is 1. The molecule has 1 rings (SSSR count). The van der Waals surface area contributed by atoms with E-state index in [1.54, 1.807) is 13.8 Å². The molecule has 0 heterocycles. The number of aliphatic hydroxyl groups excluding tert-OH is 1. The molecule has 0 unspecified atom stereocenters.